The Morgan fingerprint density at radius 2 is 1.57 bits per heavy atom. The average Bonchev–Trinajstić information content (AvgIpc) is 2.49. The number of sulfonamides is 1. The maximum absolute atomic E-state index is 11.8. The van der Waals surface area contributed by atoms with Crippen LogP contribution in [0.4, 0.5) is 17.1 Å². The average molecular weight is 332 g/mol. The number of para-hydroxylation sites is 1. The summed E-state index contributed by atoms with van der Waals surface area (Å²) in [7, 11) is -3.24. The minimum absolute atomic E-state index is 0.134. The highest BCUT2D eigenvalue weighted by Crippen LogP contribution is 2.27. The highest BCUT2D eigenvalue weighted by Gasteiger charge is 2.09. The molecule has 0 aromatic heterocycles. The molecule has 0 radical (unpaired) electrons. The Labute approximate surface area is 139 Å². The molecule has 0 aliphatic heterocycles. The standard InChI is InChI=1S/C18H24N2O2S/c1-4-13-23(21,22)20-16-11-9-15(10-12-16)19-18-8-6-5-7-17(18)14(2)3/h5-12,14,19-20H,4,13H2,1-3H3. The van der Waals surface area contributed by atoms with Gasteiger partial charge in [-0.15, -0.1) is 0 Å². The molecule has 0 atom stereocenters. The van der Waals surface area contributed by atoms with Crippen molar-refractivity contribution in [3.8, 4) is 0 Å². The molecule has 124 valence electrons. The van der Waals surface area contributed by atoms with Crippen LogP contribution in [-0.4, -0.2) is 14.2 Å². The second-order valence-corrected chi connectivity index (χ2v) is 7.71. The molecule has 0 unspecified atom stereocenters. The van der Waals surface area contributed by atoms with Crippen LogP contribution in [0.25, 0.3) is 0 Å². The zero-order chi connectivity index (χ0) is 16.9. The van der Waals surface area contributed by atoms with Crippen molar-refractivity contribution in [3.05, 3.63) is 54.1 Å². The van der Waals surface area contributed by atoms with Crippen molar-refractivity contribution >= 4 is 27.1 Å². The fourth-order valence-corrected chi connectivity index (χ4v) is 3.53. The van der Waals surface area contributed by atoms with Crippen LogP contribution in [0.3, 0.4) is 0 Å². The highest BCUT2D eigenvalue weighted by molar-refractivity contribution is 7.92. The highest BCUT2D eigenvalue weighted by atomic mass is 32.2. The number of hydrogen-bond donors (Lipinski definition) is 2. The molecule has 2 N–H and O–H groups in total. The molecule has 0 spiro atoms. The smallest absolute Gasteiger partial charge is 0.232 e. The summed E-state index contributed by atoms with van der Waals surface area (Å²) in [4.78, 5) is 0. The van der Waals surface area contributed by atoms with Gasteiger partial charge in [0.2, 0.25) is 10.0 Å². The van der Waals surface area contributed by atoms with Gasteiger partial charge in [-0.05, 0) is 48.2 Å². The first-order chi connectivity index (χ1) is 10.9. The zero-order valence-electron chi connectivity index (χ0n) is 13.8. The Morgan fingerprint density at radius 1 is 0.957 bits per heavy atom. The molecule has 0 aliphatic rings. The number of rotatable bonds is 7. The minimum atomic E-state index is -3.24. The summed E-state index contributed by atoms with van der Waals surface area (Å²) >= 11 is 0. The van der Waals surface area contributed by atoms with Gasteiger partial charge >= 0.3 is 0 Å². The van der Waals surface area contributed by atoms with E-state index in [-0.39, 0.29) is 5.75 Å². The summed E-state index contributed by atoms with van der Waals surface area (Å²) < 4.78 is 26.1. The van der Waals surface area contributed by atoms with E-state index in [1.165, 1.54) is 5.56 Å². The summed E-state index contributed by atoms with van der Waals surface area (Å²) in [6.07, 6.45) is 0.598. The molecule has 0 heterocycles. The molecule has 0 amide bonds. The lowest BCUT2D eigenvalue weighted by molar-refractivity contribution is 0.600. The predicted molar refractivity (Wildman–Crippen MR) is 98.0 cm³/mol. The Morgan fingerprint density at radius 3 is 2.17 bits per heavy atom. The maximum Gasteiger partial charge on any atom is 0.232 e. The number of nitrogens with one attached hydrogen (secondary N) is 2. The molecular formula is C18H24N2O2S. The molecule has 5 heteroatoms. The van der Waals surface area contributed by atoms with E-state index in [2.05, 4.69) is 30.0 Å². The van der Waals surface area contributed by atoms with Gasteiger partial charge in [0.25, 0.3) is 0 Å². The third kappa shape index (κ3) is 4.99. The van der Waals surface area contributed by atoms with Crippen LogP contribution >= 0.6 is 0 Å². The summed E-state index contributed by atoms with van der Waals surface area (Å²) in [5, 5.41) is 3.39. The van der Waals surface area contributed by atoms with Crippen LogP contribution < -0.4 is 10.0 Å². The lowest BCUT2D eigenvalue weighted by Gasteiger charge is -2.15. The molecule has 2 rings (SSSR count). The summed E-state index contributed by atoms with van der Waals surface area (Å²) in [6.45, 7) is 6.16. The van der Waals surface area contributed by atoms with Gasteiger partial charge in [0.05, 0.1) is 5.75 Å². The first kappa shape index (κ1) is 17.3. The molecular weight excluding hydrogens is 308 g/mol. The van der Waals surface area contributed by atoms with Crippen molar-refractivity contribution in [1.29, 1.82) is 0 Å². The van der Waals surface area contributed by atoms with Crippen molar-refractivity contribution in [2.24, 2.45) is 0 Å². The van der Waals surface area contributed by atoms with Crippen LogP contribution in [0, 0.1) is 0 Å². The van der Waals surface area contributed by atoms with E-state index in [1.807, 2.05) is 37.3 Å². The summed E-state index contributed by atoms with van der Waals surface area (Å²) in [5.74, 6) is 0.563. The first-order valence-corrected chi connectivity index (χ1v) is 9.53. The Kier molecular flexibility index (Phi) is 5.66. The summed E-state index contributed by atoms with van der Waals surface area (Å²) in [5.41, 5.74) is 3.83. The monoisotopic (exact) mass is 332 g/mol. The van der Waals surface area contributed by atoms with Crippen molar-refractivity contribution in [2.75, 3.05) is 15.8 Å². The van der Waals surface area contributed by atoms with Crippen molar-refractivity contribution < 1.29 is 8.42 Å². The first-order valence-electron chi connectivity index (χ1n) is 7.88. The third-order valence-electron chi connectivity index (χ3n) is 3.49. The van der Waals surface area contributed by atoms with E-state index < -0.39 is 10.0 Å². The topological polar surface area (TPSA) is 58.2 Å². The van der Waals surface area contributed by atoms with Crippen LogP contribution in [0.1, 0.15) is 38.7 Å². The van der Waals surface area contributed by atoms with Gasteiger partial charge < -0.3 is 5.32 Å². The molecule has 4 nitrogen and oxygen atoms in total. The molecule has 0 bridgehead atoms. The maximum atomic E-state index is 11.8. The summed E-state index contributed by atoms with van der Waals surface area (Å²) in [6, 6.07) is 15.5. The van der Waals surface area contributed by atoms with E-state index >= 15 is 0 Å². The Balaban J connectivity index is 2.12. The largest absolute Gasteiger partial charge is 0.355 e. The molecule has 0 aliphatic carbocycles. The number of hydrogen-bond acceptors (Lipinski definition) is 3. The van der Waals surface area contributed by atoms with E-state index in [0.29, 0.717) is 18.0 Å². The number of anilines is 3. The molecule has 0 fully saturated rings. The minimum Gasteiger partial charge on any atom is -0.355 e. The fourth-order valence-electron chi connectivity index (χ4n) is 2.39. The van der Waals surface area contributed by atoms with Gasteiger partial charge in [0, 0.05) is 17.1 Å². The van der Waals surface area contributed by atoms with Crippen LogP contribution in [-0.2, 0) is 10.0 Å². The third-order valence-corrected chi connectivity index (χ3v) is 4.99. The molecule has 0 saturated carbocycles. The lowest BCUT2D eigenvalue weighted by atomic mass is 10.0. The van der Waals surface area contributed by atoms with Gasteiger partial charge in [-0.3, -0.25) is 4.72 Å². The van der Waals surface area contributed by atoms with E-state index in [9.17, 15) is 8.42 Å². The Bertz CT molecular complexity index is 738. The normalized spacial score (nSPS) is 11.5. The SMILES string of the molecule is CCCS(=O)(=O)Nc1ccc(Nc2ccccc2C(C)C)cc1. The van der Waals surface area contributed by atoms with Crippen LogP contribution in [0.2, 0.25) is 0 Å². The predicted octanol–water partition coefficient (Wildman–Crippen LogP) is 4.71. The molecule has 0 saturated heterocycles. The zero-order valence-corrected chi connectivity index (χ0v) is 14.7. The van der Waals surface area contributed by atoms with Crippen molar-refractivity contribution in [1.82, 2.24) is 0 Å². The van der Waals surface area contributed by atoms with Crippen LogP contribution in [0.15, 0.2) is 48.5 Å². The van der Waals surface area contributed by atoms with E-state index in [0.717, 1.165) is 11.4 Å². The lowest BCUT2D eigenvalue weighted by Crippen LogP contribution is -2.15. The van der Waals surface area contributed by atoms with Gasteiger partial charge in [0.1, 0.15) is 0 Å². The number of benzene rings is 2. The van der Waals surface area contributed by atoms with Gasteiger partial charge in [-0.1, -0.05) is 39.0 Å². The quantitative estimate of drug-likeness (QED) is 0.772. The van der Waals surface area contributed by atoms with Crippen molar-refractivity contribution in [3.63, 3.8) is 0 Å². The molecule has 23 heavy (non-hydrogen) atoms. The van der Waals surface area contributed by atoms with Gasteiger partial charge in [-0.25, -0.2) is 8.42 Å². The van der Waals surface area contributed by atoms with Crippen molar-refractivity contribution in [2.45, 2.75) is 33.1 Å². The molecule has 2 aromatic rings. The second-order valence-electron chi connectivity index (χ2n) is 5.87. The van der Waals surface area contributed by atoms with Crippen LogP contribution in [0.5, 0.6) is 0 Å². The second kappa shape index (κ2) is 7.51. The Hall–Kier alpha value is -2.01. The van der Waals surface area contributed by atoms with Gasteiger partial charge in [-0.2, -0.15) is 0 Å². The fraction of sp³-hybridized carbons (Fsp3) is 0.333. The van der Waals surface area contributed by atoms with E-state index in [4.69, 9.17) is 0 Å². The van der Waals surface area contributed by atoms with E-state index in [1.54, 1.807) is 12.1 Å². The van der Waals surface area contributed by atoms with Gasteiger partial charge in [0.15, 0.2) is 0 Å². The molecule has 2 aromatic carbocycles.